The second-order valence-electron chi connectivity index (χ2n) is 7.15. The second kappa shape index (κ2) is 7.33. The van der Waals surface area contributed by atoms with E-state index in [9.17, 15) is 0 Å². The summed E-state index contributed by atoms with van der Waals surface area (Å²) in [5.41, 5.74) is 5.02. The summed E-state index contributed by atoms with van der Waals surface area (Å²) in [5, 5.41) is 22.7. The maximum absolute atomic E-state index is 4.95. The number of aromatic nitrogens is 6. The molecule has 3 aromatic heterocycles. The first-order chi connectivity index (χ1) is 15.4. The third-order valence-corrected chi connectivity index (χ3v) is 6.13. The highest BCUT2D eigenvalue weighted by Gasteiger charge is 2.29. The molecular formula is C23H17N7S. The molecule has 6 rings (SSSR count). The lowest BCUT2D eigenvalue weighted by molar-refractivity contribution is 0.586. The van der Waals surface area contributed by atoms with Gasteiger partial charge in [0, 0.05) is 17.5 Å². The van der Waals surface area contributed by atoms with Gasteiger partial charge in [0.15, 0.2) is 0 Å². The zero-order valence-corrected chi connectivity index (χ0v) is 17.1. The summed E-state index contributed by atoms with van der Waals surface area (Å²) in [7, 11) is 0. The number of nitrogens with one attached hydrogen (secondary N) is 1. The van der Waals surface area contributed by atoms with Crippen LogP contribution in [0.2, 0.25) is 0 Å². The van der Waals surface area contributed by atoms with Crippen molar-refractivity contribution in [3.05, 3.63) is 102 Å². The van der Waals surface area contributed by atoms with Gasteiger partial charge in [-0.2, -0.15) is 9.78 Å². The van der Waals surface area contributed by atoms with Crippen LogP contribution in [-0.4, -0.2) is 30.0 Å². The highest BCUT2D eigenvalue weighted by molar-refractivity contribution is 7.13. The largest absolute Gasteiger partial charge is 0.323 e. The topological polar surface area (TPSA) is 73.5 Å². The number of allylic oxidation sites excluding steroid dienone is 1. The molecular weight excluding hydrogens is 406 g/mol. The summed E-state index contributed by atoms with van der Waals surface area (Å²) < 4.78 is 3.72. The van der Waals surface area contributed by atoms with E-state index < -0.39 is 0 Å². The fourth-order valence-electron chi connectivity index (χ4n) is 3.78. The van der Waals surface area contributed by atoms with E-state index in [1.165, 1.54) is 0 Å². The second-order valence-corrected chi connectivity index (χ2v) is 8.10. The van der Waals surface area contributed by atoms with Crippen molar-refractivity contribution < 1.29 is 0 Å². The van der Waals surface area contributed by atoms with Gasteiger partial charge >= 0.3 is 0 Å². The molecule has 0 saturated heterocycles. The molecule has 0 radical (unpaired) electrons. The molecule has 0 amide bonds. The smallest absolute Gasteiger partial charge is 0.248 e. The lowest BCUT2D eigenvalue weighted by atomic mass is 10.0. The van der Waals surface area contributed by atoms with Crippen LogP contribution in [-0.2, 0) is 0 Å². The first-order valence-corrected chi connectivity index (χ1v) is 10.8. The van der Waals surface area contributed by atoms with Crippen LogP contribution >= 0.6 is 11.3 Å². The zero-order chi connectivity index (χ0) is 20.6. The van der Waals surface area contributed by atoms with Crippen LogP contribution in [0.4, 0.5) is 5.95 Å². The average molecular weight is 424 g/mol. The van der Waals surface area contributed by atoms with E-state index in [0.29, 0.717) is 5.95 Å². The lowest BCUT2D eigenvalue weighted by Crippen LogP contribution is -2.20. The molecule has 0 saturated carbocycles. The molecule has 7 nitrogen and oxygen atoms in total. The molecule has 0 aliphatic carbocycles. The normalized spacial score (nSPS) is 15.2. The van der Waals surface area contributed by atoms with Gasteiger partial charge in [-0.1, -0.05) is 59.7 Å². The van der Waals surface area contributed by atoms with Crippen molar-refractivity contribution >= 4 is 23.0 Å². The number of nitrogens with zero attached hydrogens (tertiary/aromatic N) is 6. The van der Waals surface area contributed by atoms with E-state index in [1.54, 1.807) is 16.0 Å². The fourth-order valence-corrected chi connectivity index (χ4v) is 4.51. The van der Waals surface area contributed by atoms with E-state index in [-0.39, 0.29) is 6.04 Å². The summed E-state index contributed by atoms with van der Waals surface area (Å²) >= 11 is 1.67. The monoisotopic (exact) mass is 423 g/mol. The van der Waals surface area contributed by atoms with Gasteiger partial charge in [0.1, 0.15) is 11.7 Å². The summed E-state index contributed by atoms with van der Waals surface area (Å²) in [6.07, 6.45) is 4.23. The minimum Gasteiger partial charge on any atom is -0.323 e. The molecule has 1 unspecified atom stereocenters. The predicted octanol–water partition coefficient (Wildman–Crippen LogP) is 4.64. The Morgan fingerprint density at radius 3 is 2.48 bits per heavy atom. The minimum atomic E-state index is -0.198. The van der Waals surface area contributed by atoms with Crippen molar-refractivity contribution in [2.45, 2.75) is 6.04 Å². The molecule has 4 heterocycles. The van der Waals surface area contributed by atoms with E-state index >= 15 is 0 Å². The molecule has 0 bridgehead atoms. The van der Waals surface area contributed by atoms with Crippen LogP contribution in [0, 0.1) is 0 Å². The fraction of sp³-hybridized carbons (Fsp3) is 0.0435. The van der Waals surface area contributed by atoms with E-state index in [2.05, 4.69) is 56.7 Å². The summed E-state index contributed by atoms with van der Waals surface area (Å²) in [5.74, 6) is 0.607. The Labute approximate surface area is 182 Å². The van der Waals surface area contributed by atoms with Gasteiger partial charge in [0.05, 0.1) is 10.6 Å². The molecule has 0 spiro atoms. The quantitative estimate of drug-likeness (QED) is 0.456. The summed E-state index contributed by atoms with van der Waals surface area (Å²) in [4.78, 5) is 1.10. The molecule has 5 aromatic rings. The van der Waals surface area contributed by atoms with Gasteiger partial charge in [-0.3, -0.25) is 0 Å². The number of tetrazole rings is 1. The third kappa shape index (κ3) is 3.13. The molecule has 2 aromatic carbocycles. The Balaban J connectivity index is 1.54. The Morgan fingerprint density at radius 1 is 0.903 bits per heavy atom. The SMILES string of the molecule is C1=C(c2ccccc2)Nc2nnnn2C1c1cn(-c2ccccc2)nc1-c1cccs1. The average Bonchev–Trinajstić information content (AvgIpc) is 3.60. The Morgan fingerprint density at radius 2 is 1.71 bits per heavy atom. The van der Waals surface area contributed by atoms with Crippen molar-refractivity contribution in [1.82, 2.24) is 30.0 Å². The number of anilines is 1. The van der Waals surface area contributed by atoms with E-state index in [4.69, 9.17) is 5.10 Å². The molecule has 1 N–H and O–H groups in total. The number of rotatable bonds is 4. The standard InChI is InChI=1S/C23H17N7S/c1-3-8-16(9-4-1)19-14-20(30-23(24-19)25-27-28-30)18-15-29(17-10-5-2-6-11-17)26-22(18)21-12-7-13-31-21/h1-15,20H,(H,24,25,28). The Bertz CT molecular complexity index is 1350. The molecule has 31 heavy (non-hydrogen) atoms. The number of hydrogen-bond acceptors (Lipinski definition) is 6. The molecule has 1 atom stereocenters. The van der Waals surface area contributed by atoms with Crippen molar-refractivity contribution in [3.63, 3.8) is 0 Å². The predicted molar refractivity (Wildman–Crippen MR) is 121 cm³/mol. The zero-order valence-electron chi connectivity index (χ0n) is 16.3. The van der Waals surface area contributed by atoms with Gasteiger partial charge in [-0.25, -0.2) is 4.68 Å². The van der Waals surface area contributed by atoms with Crippen LogP contribution in [0.1, 0.15) is 17.2 Å². The van der Waals surface area contributed by atoms with Crippen LogP contribution in [0.3, 0.4) is 0 Å². The number of fused-ring (bicyclic) bond motifs is 1. The van der Waals surface area contributed by atoms with E-state index in [0.717, 1.165) is 33.1 Å². The first kappa shape index (κ1) is 17.8. The van der Waals surface area contributed by atoms with Crippen molar-refractivity contribution in [1.29, 1.82) is 0 Å². The molecule has 150 valence electrons. The van der Waals surface area contributed by atoms with Gasteiger partial charge in [-0.05, 0) is 45.6 Å². The highest BCUT2D eigenvalue weighted by Crippen LogP contribution is 2.37. The number of hydrogen-bond donors (Lipinski definition) is 1. The summed E-state index contributed by atoms with van der Waals surface area (Å²) in [6.45, 7) is 0. The Kier molecular flexibility index (Phi) is 4.21. The Hall–Kier alpha value is -4.04. The van der Waals surface area contributed by atoms with Gasteiger partial charge in [0.25, 0.3) is 0 Å². The van der Waals surface area contributed by atoms with Crippen molar-refractivity contribution in [2.75, 3.05) is 5.32 Å². The van der Waals surface area contributed by atoms with Gasteiger partial charge < -0.3 is 5.32 Å². The summed E-state index contributed by atoms with van der Waals surface area (Å²) in [6, 6.07) is 24.3. The molecule has 8 heteroatoms. The minimum absolute atomic E-state index is 0.198. The molecule has 1 aliphatic rings. The number of thiophene rings is 1. The van der Waals surface area contributed by atoms with Crippen LogP contribution in [0.25, 0.3) is 22.0 Å². The van der Waals surface area contributed by atoms with Crippen molar-refractivity contribution in [2.24, 2.45) is 0 Å². The number of benzene rings is 2. The number of para-hydroxylation sites is 1. The highest BCUT2D eigenvalue weighted by atomic mass is 32.1. The van der Waals surface area contributed by atoms with Crippen LogP contribution in [0.5, 0.6) is 0 Å². The maximum Gasteiger partial charge on any atom is 0.248 e. The lowest BCUT2D eigenvalue weighted by Gasteiger charge is -2.23. The molecule has 0 fully saturated rings. The maximum atomic E-state index is 4.95. The third-order valence-electron chi connectivity index (χ3n) is 5.25. The van der Waals surface area contributed by atoms with Crippen molar-refractivity contribution in [3.8, 4) is 16.3 Å². The van der Waals surface area contributed by atoms with Gasteiger partial charge in [0.2, 0.25) is 5.95 Å². The first-order valence-electron chi connectivity index (χ1n) is 9.88. The van der Waals surface area contributed by atoms with Crippen LogP contribution in [0.15, 0.2) is 90.4 Å². The van der Waals surface area contributed by atoms with Gasteiger partial charge in [-0.15, -0.1) is 11.3 Å². The molecule has 1 aliphatic heterocycles. The van der Waals surface area contributed by atoms with E-state index in [1.807, 2.05) is 59.3 Å². The van der Waals surface area contributed by atoms with Crippen LogP contribution < -0.4 is 5.32 Å².